The number of esters is 1. The van der Waals surface area contributed by atoms with Gasteiger partial charge in [0.2, 0.25) is 0 Å². The number of carbonyl (C=O) groups excluding carboxylic acids is 1. The normalized spacial score (nSPS) is 11.8. The second-order valence-electron chi connectivity index (χ2n) is 3.94. The maximum Gasteiger partial charge on any atom is 0.325 e. The highest BCUT2D eigenvalue weighted by molar-refractivity contribution is 5.74. The summed E-state index contributed by atoms with van der Waals surface area (Å²) in [6.45, 7) is 4.99. The second-order valence-corrected chi connectivity index (χ2v) is 3.94. The molecule has 0 aliphatic heterocycles. The summed E-state index contributed by atoms with van der Waals surface area (Å²) < 4.78 is 4.96. The summed E-state index contributed by atoms with van der Waals surface area (Å²) in [5.74, 6) is -0.517. The zero-order valence-electron chi connectivity index (χ0n) is 9.44. The fourth-order valence-electron chi connectivity index (χ4n) is 0.764. The van der Waals surface area contributed by atoms with Crippen LogP contribution in [0, 0.1) is 15.5 Å². The van der Waals surface area contributed by atoms with Gasteiger partial charge in [0.1, 0.15) is 12.1 Å². The van der Waals surface area contributed by atoms with E-state index in [-0.39, 0.29) is 6.54 Å². The van der Waals surface area contributed by atoms with E-state index in [4.69, 9.17) is 10.1 Å². The van der Waals surface area contributed by atoms with Crippen LogP contribution >= 0.6 is 0 Å². The van der Waals surface area contributed by atoms with Gasteiger partial charge >= 0.3 is 11.7 Å². The summed E-state index contributed by atoms with van der Waals surface area (Å²) in [4.78, 5) is 20.7. The van der Waals surface area contributed by atoms with Gasteiger partial charge in [-0.3, -0.25) is 14.9 Å². The number of rotatable bonds is 5. The molecule has 0 fully saturated rings. The number of nitro groups is 1. The van der Waals surface area contributed by atoms with E-state index in [1.54, 1.807) is 20.8 Å². The van der Waals surface area contributed by atoms with Crippen LogP contribution in [-0.2, 0) is 9.53 Å². The van der Waals surface area contributed by atoms with Gasteiger partial charge in [-0.15, -0.1) is 0 Å². The Bertz CT molecular complexity index is 317. The number of ether oxygens (including phenoxy) is 1. The van der Waals surface area contributed by atoms with E-state index in [0.717, 1.165) is 6.20 Å². The predicted molar refractivity (Wildman–Crippen MR) is 57.7 cm³/mol. The molecular weight excluding hydrogens is 214 g/mol. The number of nitrogens with one attached hydrogen (secondary N) is 2. The lowest BCUT2D eigenvalue weighted by molar-refractivity contribution is -0.414. The molecule has 0 aromatic carbocycles. The summed E-state index contributed by atoms with van der Waals surface area (Å²) in [5.41, 5.74) is -1.01. The lowest BCUT2D eigenvalue weighted by atomic mass is 10.2. The van der Waals surface area contributed by atoms with Crippen molar-refractivity contribution in [2.75, 3.05) is 6.54 Å². The Labute approximate surface area is 93.1 Å². The van der Waals surface area contributed by atoms with Crippen LogP contribution in [0.1, 0.15) is 20.8 Å². The molecule has 7 nitrogen and oxygen atoms in total. The molecule has 0 amide bonds. The van der Waals surface area contributed by atoms with Gasteiger partial charge in [-0.2, -0.15) is 0 Å². The second kappa shape index (κ2) is 5.84. The highest BCUT2D eigenvalue weighted by atomic mass is 16.6. The third-order valence-electron chi connectivity index (χ3n) is 1.28. The van der Waals surface area contributed by atoms with Gasteiger partial charge in [0.15, 0.2) is 0 Å². The lowest BCUT2D eigenvalue weighted by Gasteiger charge is -2.19. The predicted octanol–water partition coefficient (Wildman–Crippen LogP) is 0.685. The fraction of sp³-hybridized carbons (Fsp3) is 0.556. The Kier molecular flexibility index (Phi) is 5.14. The molecule has 0 aliphatic rings. The molecule has 0 bridgehead atoms. The smallest absolute Gasteiger partial charge is 0.325 e. The molecule has 0 aromatic rings. The topological polar surface area (TPSA) is 105 Å². The summed E-state index contributed by atoms with van der Waals surface area (Å²) in [5, 5.41) is 19.4. The lowest BCUT2D eigenvalue weighted by Crippen LogP contribution is -2.30. The van der Waals surface area contributed by atoms with E-state index >= 15 is 0 Å². The Hall–Kier alpha value is -1.92. The van der Waals surface area contributed by atoms with Crippen molar-refractivity contribution >= 4 is 12.2 Å². The molecule has 90 valence electrons. The van der Waals surface area contributed by atoms with Crippen LogP contribution in [0.15, 0.2) is 11.9 Å². The third kappa shape index (κ3) is 6.52. The maximum absolute atomic E-state index is 11.2. The van der Waals surface area contributed by atoms with Gasteiger partial charge in [0.05, 0.1) is 17.3 Å². The highest BCUT2D eigenvalue weighted by Gasteiger charge is 2.15. The number of allylic oxidation sites excluding steroid dienone is 1. The molecule has 7 heteroatoms. The van der Waals surface area contributed by atoms with E-state index in [9.17, 15) is 14.9 Å². The molecule has 0 radical (unpaired) electrons. The highest BCUT2D eigenvalue weighted by Crippen LogP contribution is 2.06. The Morgan fingerprint density at radius 1 is 1.56 bits per heavy atom. The number of carbonyl (C=O) groups is 1. The minimum atomic E-state index is -0.727. The van der Waals surface area contributed by atoms with Crippen LogP contribution in [-0.4, -0.2) is 29.3 Å². The van der Waals surface area contributed by atoms with Gasteiger partial charge in [0.25, 0.3) is 0 Å². The maximum atomic E-state index is 11.2. The molecule has 0 heterocycles. The van der Waals surface area contributed by atoms with E-state index in [0.29, 0.717) is 6.21 Å². The van der Waals surface area contributed by atoms with Crippen LogP contribution in [0.3, 0.4) is 0 Å². The van der Waals surface area contributed by atoms with Crippen molar-refractivity contribution in [3.05, 3.63) is 22.0 Å². The van der Waals surface area contributed by atoms with Crippen molar-refractivity contribution < 1.29 is 14.5 Å². The first-order valence-electron chi connectivity index (χ1n) is 4.56. The van der Waals surface area contributed by atoms with Gasteiger partial charge in [0, 0.05) is 0 Å². The Morgan fingerprint density at radius 2 is 2.12 bits per heavy atom. The van der Waals surface area contributed by atoms with Crippen molar-refractivity contribution in [3.8, 4) is 0 Å². The number of nitrogens with zero attached hydrogens (tertiary/aromatic N) is 1. The Morgan fingerprint density at radius 3 is 2.50 bits per heavy atom. The monoisotopic (exact) mass is 229 g/mol. The fourth-order valence-corrected chi connectivity index (χ4v) is 0.764. The summed E-state index contributed by atoms with van der Waals surface area (Å²) >= 11 is 0. The van der Waals surface area contributed by atoms with E-state index in [1.807, 2.05) is 0 Å². The van der Waals surface area contributed by atoms with Crippen LogP contribution in [0.5, 0.6) is 0 Å². The molecule has 0 unspecified atom stereocenters. The summed E-state index contributed by atoms with van der Waals surface area (Å²) in [6.07, 6.45) is 1.57. The zero-order valence-corrected chi connectivity index (χ0v) is 9.44. The van der Waals surface area contributed by atoms with Crippen LogP contribution in [0.4, 0.5) is 0 Å². The van der Waals surface area contributed by atoms with Gasteiger partial charge in [-0.1, -0.05) is 0 Å². The molecule has 0 rings (SSSR count). The molecule has 0 saturated heterocycles. The standard InChI is InChI=1S/C9H15N3O4/c1-9(2,3)16-8(13)6-11-5-7(4-10)12(14)15/h4-5,10-11H,6H2,1-3H3/b7-5+,10-4?. The van der Waals surface area contributed by atoms with Crippen LogP contribution in [0.2, 0.25) is 0 Å². The van der Waals surface area contributed by atoms with Crippen molar-refractivity contribution in [2.24, 2.45) is 0 Å². The largest absolute Gasteiger partial charge is 0.459 e. The molecule has 0 spiro atoms. The van der Waals surface area contributed by atoms with E-state index in [1.165, 1.54) is 0 Å². The summed E-state index contributed by atoms with van der Waals surface area (Å²) in [7, 11) is 0. The van der Waals surface area contributed by atoms with E-state index < -0.39 is 22.2 Å². The first kappa shape index (κ1) is 14.1. The first-order valence-corrected chi connectivity index (χ1v) is 4.56. The van der Waals surface area contributed by atoms with Crippen LogP contribution in [0.25, 0.3) is 0 Å². The molecule has 0 aliphatic carbocycles. The average Bonchev–Trinajstić information content (AvgIpc) is 2.08. The minimum Gasteiger partial charge on any atom is -0.459 e. The van der Waals surface area contributed by atoms with Crippen molar-refractivity contribution in [1.82, 2.24) is 5.32 Å². The quantitative estimate of drug-likeness (QED) is 0.312. The van der Waals surface area contributed by atoms with Gasteiger partial charge < -0.3 is 15.5 Å². The average molecular weight is 229 g/mol. The molecule has 2 N–H and O–H groups in total. The van der Waals surface area contributed by atoms with E-state index in [2.05, 4.69) is 5.32 Å². The molecule has 16 heavy (non-hydrogen) atoms. The number of hydrogen-bond donors (Lipinski definition) is 2. The summed E-state index contributed by atoms with van der Waals surface area (Å²) in [6, 6.07) is 0. The van der Waals surface area contributed by atoms with Crippen molar-refractivity contribution in [3.63, 3.8) is 0 Å². The zero-order chi connectivity index (χ0) is 12.8. The number of hydrogen-bond acceptors (Lipinski definition) is 6. The Balaban J connectivity index is 4.12. The first-order chi connectivity index (χ1) is 7.26. The molecule has 0 saturated carbocycles. The van der Waals surface area contributed by atoms with Crippen LogP contribution < -0.4 is 5.32 Å². The molecular formula is C9H15N3O4. The van der Waals surface area contributed by atoms with Crippen molar-refractivity contribution in [1.29, 1.82) is 5.41 Å². The molecule has 0 atom stereocenters. The third-order valence-corrected chi connectivity index (χ3v) is 1.28. The minimum absolute atomic E-state index is 0.178. The van der Waals surface area contributed by atoms with Gasteiger partial charge in [-0.25, -0.2) is 0 Å². The van der Waals surface area contributed by atoms with Crippen molar-refractivity contribution in [2.45, 2.75) is 26.4 Å². The molecule has 0 aromatic heterocycles. The van der Waals surface area contributed by atoms with Gasteiger partial charge in [-0.05, 0) is 20.8 Å². The SMILES string of the molecule is CC(C)(C)OC(=O)CN/C=C(\C=N)[N+](=O)[O-].